The summed E-state index contributed by atoms with van der Waals surface area (Å²) in [4.78, 5) is 0. The zero-order chi connectivity index (χ0) is 15.2. The van der Waals surface area contributed by atoms with Crippen molar-refractivity contribution in [3.63, 3.8) is 0 Å². The van der Waals surface area contributed by atoms with Gasteiger partial charge in [0.2, 0.25) is 0 Å². The molecule has 0 amide bonds. The minimum Gasteiger partial charge on any atom is -0.496 e. The van der Waals surface area contributed by atoms with Gasteiger partial charge in [0, 0.05) is 10.0 Å². The van der Waals surface area contributed by atoms with Crippen molar-refractivity contribution in [2.45, 2.75) is 26.3 Å². The van der Waals surface area contributed by atoms with Gasteiger partial charge >= 0.3 is 0 Å². The highest BCUT2D eigenvalue weighted by Crippen LogP contribution is 2.32. The number of nitrogens with one attached hydrogen (secondary N) is 1. The van der Waals surface area contributed by atoms with E-state index in [2.05, 4.69) is 65.4 Å². The van der Waals surface area contributed by atoms with Gasteiger partial charge in [-0.2, -0.15) is 0 Å². The fraction of sp³-hybridized carbons (Fsp3) is 0.333. The molecule has 21 heavy (non-hydrogen) atoms. The predicted molar refractivity (Wildman–Crippen MR) is 92.0 cm³/mol. The zero-order valence-corrected chi connectivity index (χ0v) is 14.4. The standard InChI is InChI=1S/C18H22BrNO/c1-4-11-20-18(14-7-5-13(2)6-8-14)16-12-15(19)9-10-17(16)21-3/h5-10,12,18,20H,4,11H2,1-3H3. The summed E-state index contributed by atoms with van der Waals surface area (Å²) in [6, 6.07) is 15.0. The number of aryl methyl sites for hydroxylation is 1. The number of rotatable bonds is 6. The number of benzene rings is 2. The molecule has 0 radical (unpaired) electrons. The smallest absolute Gasteiger partial charge is 0.124 e. The third-order valence-corrected chi connectivity index (χ3v) is 4.01. The van der Waals surface area contributed by atoms with E-state index in [-0.39, 0.29) is 6.04 Å². The van der Waals surface area contributed by atoms with E-state index in [4.69, 9.17) is 4.74 Å². The minimum atomic E-state index is 0.137. The van der Waals surface area contributed by atoms with Crippen molar-refractivity contribution in [3.05, 3.63) is 63.6 Å². The summed E-state index contributed by atoms with van der Waals surface area (Å²) >= 11 is 3.56. The molecular formula is C18H22BrNO. The van der Waals surface area contributed by atoms with Crippen molar-refractivity contribution in [1.29, 1.82) is 0 Å². The van der Waals surface area contributed by atoms with Crippen molar-refractivity contribution >= 4 is 15.9 Å². The Labute approximate surface area is 135 Å². The highest BCUT2D eigenvalue weighted by molar-refractivity contribution is 9.10. The molecule has 0 saturated carbocycles. The third-order valence-electron chi connectivity index (χ3n) is 3.51. The first-order chi connectivity index (χ1) is 10.2. The summed E-state index contributed by atoms with van der Waals surface area (Å²) in [5.41, 5.74) is 3.68. The molecule has 0 aliphatic carbocycles. The number of hydrogen-bond donors (Lipinski definition) is 1. The van der Waals surface area contributed by atoms with Gasteiger partial charge in [0.25, 0.3) is 0 Å². The molecule has 2 aromatic rings. The van der Waals surface area contributed by atoms with Crippen molar-refractivity contribution in [2.24, 2.45) is 0 Å². The Morgan fingerprint density at radius 3 is 2.48 bits per heavy atom. The van der Waals surface area contributed by atoms with E-state index >= 15 is 0 Å². The van der Waals surface area contributed by atoms with Gasteiger partial charge in [-0.05, 0) is 43.7 Å². The number of hydrogen-bond acceptors (Lipinski definition) is 2. The zero-order valence-electron chi connectivity index (χ0n) is 12.8. The second kappa shape index (κ2) is 7.62. The van der Waals surface area contributed by atoms with E-state index in [1.165, 1.54) is 11.1 Å². The monoisotopic (exact) mass is 347 g/mol. The van der Waals surface area contributed by atoms with Crippen LogP contribution < -0.4 is 10.1 Å². The van der Waals surface area contributed by atoms with Crippen molar-refractivity contribution < 1.29 is 4.74 Å². The van der Waals surface area contributed by atoms with Crippen LogP contribution in [-0.2, 0) is 0 Å². The summed E-state index contributed by atoms with van der Waals surface area (Å²) in [6.45, 7) is 5.25. The average Bonchev–Trinajstić information content (AvgIpc) is 2.49. The van der Waals surface area contributed by atoms with Crippen LogP contribution in [-0.4, -0.2) is 13.7 Å². The Balaban J connectivity index is 2.44. The van der Waals surface area contributed by atoms with Crippen LogP contribution in [0, 0.1) is 6.92 Å². The lowest BCUT2D eigenvalue weighted by atomic mass is 9.97. The van der Waals surface area contributed by atoms with Crippen molar-refractivity contribution in [1.82, 2.24) is 5.32 Å². The molecule has 1 atom stereocenters. The lowest BCUT2D eigenvalue weighted by molar-refractivity contribution is 0.403. The largest absolute Gasteiger partial charge is 0.496 e. The Kier molecular flexibility index (Phi) is 5.83. The highest BCUT2D eigenvalue weighted by atomic mass is 79.9. The van der Waals surface area contributed by atoms with Crippen LogP contribution in [0.25, 0.3) is 0 Å². The minimum absolute atomic E-state index is 0.137. The second-order valence-corrected chi connectivity index (χ2v) is 6.10. The summed E-state index contributed by atoms with van der Waals surface area (Å²) in [7, 11) is 1.72. The van der Waals surface area contributed by atoms with E-state index < -0.39 is 0 Å². The molecule has 2 aromatic carbocycles. The number of methoxy groups -OCH3 is 1. The van der Waals surface area contributed by atoms with E-state index in [0.717, 1.165) is 28.8 Å². The van der Waals surface area contributed by atoms with Crippen molar-refractivity contribution in [3.8, 4) is 5.75 Å². The predicted octanol–water partition coefficient (Wildman–Crippen LogP) is 4.86. The maximum atomic E-state index is 5.55. The summed E-state index contributed by atoms with van der Waals surface area (Å²) in [5.74, 6) is 0.910. The van der Waals surface area contributed by atoms with Gasteiger partial charge in [-0.25, -0.2) is 0 Å². The molecule has 1 unspecified atom stereocenters. The van der Waals surface area contributed by atoms with E-state index in [0.29, 0.717) is 0 Å². The van der Waals surface area contributed by atoms with Crippen LogP contribution in [0.4, 0.5) is 0 Å². The molecule has 3 heteroatoms. The fourth-order valence-electron chi connectivity index (χ4n) is 2.39. The number of ether oxygens (including phenoxy) is 1. The quantitative estimate of drug-likeness (QED) is 0.805. The van der Waals surface area contributed by atoms with E-state index in [1.807, 2.05) is 12.1 Å². The fourth-order valence-corrected chi connectivity index (χ4v) is 2.76. The van der Waals surface area contributed by atoms with Crippen LogP contribution in [0.3, 0.4) is 0 Å². The normalized spacial score (nSPS) is 12.2. The van der Waals surface area contributed by atoms with Crippen LogP contribution in [0.15, 0.2) is 46.9 Å². The van der Waals surface area contributed by atoms with Gasteiger partial charge in [-0.3, -0.25) is 0 Å². The van der Waals surface area contributed by atoms with Gasteiger partial charge < -0.3 is 10.1 Å². The summed E-state index contributed by atoms with van der Waals surface area (Å²) in [6.07, 6.45) is 1.10. The van der Waals surface area contributed by atoms with Gasteiger partial charge in [-0.1, -0.05) is 52.7 Å². The molecule has 0 spiro atoms. The maximum absolute atomic E-state index is 5.55. The topological polar surface area (TPSA) is 21.3 Å². The Bertz CT molecular complexity index is 580. The molecule has 0 aromatic heterocycles. The van der Waals surface area contributed by atoms with Crippen LogP contribution in [0.2, 0.25) is 0 Å². The molecule has 112 valence electrons. The average molecular weight is 348 g/mol. The second-order valence-electron chi connectivity index (χ2n) is 5.18. The van der Waals surface area contributed by atoms with E-state index in [1.54, 1.807) is 7.11 Å². The molecule has 0 fully saturated rings. The molecule has 1 N–H and O–H groups in total. The first-order valence-corrected chi connectivity index (χ1v) is 8.08. The molecule has 0 heterocycles. The number of halogens is 1. The Morgan fingerprint density at radius 2 is 1.86 bits per heavy atom. The molecule has 2 nitrogen and oxygen atoms in total. The molecule has 0 bridgehead atoms. The first kappa shape index (κ1) is 16.1. The molecule has 0 aliphatic heterocycles. The molecule has 0 aliphatic rings. The molecule has 2 rings (SSSR count). The third kappa shape index (κ3) is 4.08. The van der Waals surface area contributed by atoms with Crippen LogP contribution in [0.1, 0.15) is 36.1 Å². The van der Waals surface area contributed by atoms with Gasteiger partial charge in [-0.15, -0.1) is 0 Å². The lowest BCUT2D eigenvalue weighted by Gasteiger charge is -2.22. The Hall–Kier alpha value is -1.32. The Morgan fingerprint density at radius 1 is 1.14 bits per heavy atom. The van der Waals surface area contributed by atoms with E-state index in [9.17, 15) is 0 Å². The van der Waals surface area contributed by atoms with Crippen molar-refractivity contribution in [2.75, 3.05) is 13.7 Å². The van der Waals surface area contributed by atoms with Crippen LogP contribution >= 0.6 is 15.9 Å². The summed E-state index contributed by atoms with van der Waals surface area (Å²) < 4.78 is 6.61. The van der Waals surface area contributed by atoms with Crippen LogP contribution in [0.5, 0.6) is 5.75 Å². The SMILES string of the molecule is CCCNC(c1ccc(C)cc1)c1cc(Br)ccc1OC. The first-order valence-electron chi connectivity index (χ1n) is 7.29. The van der Waals surface area contributed by atoms with Gasteiger partial charge in [0.15, 0.2) is 0 Å². The lowest BCUT2D eigenvalue weighted by Crippen LogP contribution is -2.23. The highest BCUT2D eigenvalue weighted by Gasteiger charge is 2.18. The maximum Gasteiger partial charge on any atom is 0.124 e. The van der Waals surface area contributed by atoms with Gasteiger partial charge in [0.05, 0.1) is 13.2 Å². The molecule has 0 saturated heterocycles. The van der Waals surface area contributed by atoms with Gasteiger partial charge in [0.1, 0.15) is 5.75 Å². The molecular weight excluding hydrogens is 326 g/mol. The summed E-state index contributed by atoms with van der Waals surface area (Å²) in [5, 5.41) is 3.62.